The molecule has 9 heteroatoms. The summed E-state index contributed by atoms with van der Waals surface area (Å²) in [6, 6.07) is 7.48. The first kappa shape index (κ1) is 20.2. The molecule has 0 saturated heterocycles. The fraction of sp³-hybridized carbons (Fsp3) is 0.444. The maximum Gasteiger partial charge on any atom is 0.411 e. The lowest BCUT2D eigenvalue weighted by molar-refractivity contribution is 0.187. The number of amides is 1. The third-order valence-electron chi connectivity index (χ3n) is 3.81. The number of nitrogens with one attached hydrogen (secondary N) is 3. The van der Waals surface area contributed by atoms with Crippen molar-refractivity contribution in [2.45, 2.75) is 33.4 Å². The zero-order chi connectivity index (χ0) is 19.5. The molecule has 0 atom stereocenters. The molecule has 0 bridgehead atoms. The van der Waals surface area contributed by atoms with Crippen molar-refractivity contribution in [3.63, 3.8) is 0 Å². The summed E-state index contributed by atoms with van der Waals surface area (Å²) in [5.41, 5.74) is 1.72. The summed E-state index contributed by atoms with van der Waals surface area (Å²) < 4.78 is 6.60. The fourth-order valence-electron chi connectivity index (χ4n) is 2.41. The lowest BCUT2D eigenvalue weighted by Gasteiger charge is -2.12. The van der Waals surface area contributed by atoms with E-state index in [1.165, 1.54) is 7.11 Å². The average Bonchev–Trinajstić information content (AvgIpc) is 3.14. The lowest BCUT2D eigenvalue weighted by Crippen LogP contribution is -2.38. The van der Waals surface area contributed by atoms with Crippen molar-refractivity contribution in [1.29, 1.82) is 0 Å². The minimum Gasteiger partial charge on any atom is -0.453 e. The maximum absolute atomic E-state index is 11.2. The van der Waals surface area contributed by atoms with E-state index in [2.05, 4.69) is 42.8 Å². The van der Waals surface area contributed by atoms with Gasteiger partial charge in [0.05, 0.1) is 13.7 Å². The molecular formula is C18H27N7O2. The van der Waals surface area contributed by atoms with E-state index in [4.69, 9.17) is 0 Å². The third-order valence-corrected chi connectivity index (χ3v) is 3.81. The van der Waals surface area contributed by atoms with Gasteiger partial charge in [-0.1, -0.05) is 19.1 Å². The predicted molar refractivity (Wildman–Crippen MR) is 105 cm³/mol. The normalized spacial score (nSPS) is 11.1. The van der Waals surface area contributed by atoms with E-state index < -0.39 is 6.09 Å². The molecule has 27 heavy (non-hydrogen) atoms. The molecule has 2 rings (SSSR count). The van der Waals surface area contributed by atoms with Gasteiger partial charge in [0.2, 0.25) is 0 Å². The van der Waals surface area contributed by atoms with Gasteiger partial charge in [-0.15, -0.1) is 10.2 Å². The second kappa shape index (κ2) is 10.8. The molecule has 9 nitrogen and oxygen atoms in total. The first-order valence-electron chi connectivity index (χ1n) is 8.99. The maximum atomic E-state index is 11.2. The number of guanidine groups is 1. The number of carbonyl (C=O) groups is 1. The van der Waals surface area contributed by atoms with Gasteiger partial charge in [-0.2, -0.15) is 0 Å². The molecule has 1 aromatic heterocycles. The van der Waals surface area contributed by atoms with E-state index in [9.17, 15) is 4.79 Å². The number of carbonyl (C=O) groups excluding carboxylic acids is 1. The highest BCUT2D eigenvalue weighted by atomic mass is 16.5. The Balaban J connectivity index is 1.87. The van der Waals surface area contributed by atoms with Crippen molar-refractivity contribution in [1.82, 2.24) is 25.4 Å². The number of hydrogen-bond donors (Lipinski definition) is 3. The Hall–Kier alpha value is -3.10. The second-order valence-electron chi connectivity index (χ2n) is 5.73. The number of aromatic nitrogens is 3. The Bertz CT molecular complexity index is 740. The van der Waals surface area contributed by atoms with E-state index in [0.29, 0.717) is 12.2 Å². The molecule has 2 aromatic rings. The molecule has 0 unspecified atom stereocenters. The monoisotopic (exact) mass is 373 g/mol. The molecule has 0 aliphatic rings. The summed E-state index contributed by atoms with van der Waals surface area (Å²) >= 11 is 0. The van der Waals surface area contributed by atoms with Crippen LogP contribution in [0.1, 0.15) is 25.2 Å². The number of aryl methyl sites for hydroxylation is 1. The van der Waals surface area contributed by atoms with Gasteiger partial charge in [-0.3, -0.25) is 5.32 Å². The van der Waals surface area contributed by atoms with Crippen LogP contribution < -0.4 is 16.0 Å². The summed E-state index contributed by atoms with van der Waals surface area (Å²) in [4.78, 5) is 15.8. The molecule has 1 heterocycles. The molecule has 1 aromatic carbocycles. The largest absolute Gasteiger partial charge is 0.453 e. The van der Waals surface area contributed by atoms with E-state index in [-0.39, 0.29) is 0 Å². The van der Waals surface area contributed by atoms with Gasteiger partial charge in [0.15, 0.2) is 5.96 Å². The van der Waals surface area contributed by atoms with Crippen LogP contribution in [0.15, 0.2) is 35.6 Å². The summed E-state index contributed by atoms with van der Waals surface area (Å²) in [7, 11) is 1.33. The summed E-state index contributed by atoms with van der Waals surface area (Å²) in [6.45, 7) is 6.89. The van der Waals surface area contributed by atoms with E-state index in [1.54, 1.807) is 6.33 Å². The van der Waals surface area contributed by atoms with Crippen LogP contribution in [0.25, 0.3) is 0 Å². The Morgan fingerprint density at radius 1 is 1.22 bits per heavy atom. The highest BCUT2D eigenvalue weighted by molar-refractivity contribution is 5.84. The molecule has 0 aliphatic carbocycles. The number of aliphatic imine (C=N–C) groups is 1. The summed E-state index contributed by atoms with van der Waals surface area (Å²) in [6.07, 6.45) is 2.11. The topological polar surface area (TPSA) is 105 Å². The number of anilines is 1. The minimum absolute atomic E-state index is 0.487. The highest BCUT2D eigenvalue weighted by Gasteiger charge is 2.03. The zero-order valence-electron chi connectivity index (χ0n) is 16.0. The van der Waals surface area contributed by atoms with Crippen LogP contribution >= 0.6 is 0 Å². The molecule has 1 amide bonds. The van der Waals surface area contributed by atoms with Crippen LogP contribution in [0.2, 0.25) is 0 Å². The van der Waals surface area contributed by atoms with Crippen LogP contribution in [-0.4, -0.2) is 47.0 Å². The van der Waals surface area contributed by atoms with Crippen molar-refractivity contribution in [3.05, 3.63) is 42.0 Å². The number of nitrogens with zero attached hydrogens (tertiary/aromatic N) is 4. The highest BCUT2D eigenvalue weighted by Crippen LogP contribution is 2.10. The van der Waals surface area contributed by atoms with Crippen molar-refractivity contribution >= 4 is 17.7 Å². The van der Waals surface area contributed by atoms with Crippen LogP contribution in [0.4, 0.5) is 10.5 Å². The Kier molecular flexibility index (Phi) is 8.08. The van der Waals surface area contributed by atoms with Crippen LogP contribution in [0.5, 0.6) is 0 Å². The molecule has 146 valence electrons. The lowest BCUT2D eigenvalue weighted by atomic mass is 10.2. The fourth-order valence-corrected chi connectivity index (χ4v) is 2.41. The van der Waals surface area contributed by atoms with Gasteiger partial charge in [-0.25, -0.2) is 9.79 Å². The van der Waals surface area contributed by atoms with E-state index in [0.717, 1.165) is 43.4 Å². The van der Waals surface area contributed by atoms with Crippen LogP contribution in [0.3, 0.4) is 0 Å². The number of hydrogen-bond acceptors (Lipinski definition) is 5. The third kappa shape index (κ3) is 6.61. The number of methoxy groups -OCH3 is 1. The Morgan fingerprint density at radius 2 is 2.00 bits per heavy atom. The van der Waals surface area contributed by atoms with Crippen molar-refractivity contribution < 1.29 is 9.53 Å². The van der Waals surface area contributed by atoms with Gasteiger partial charge < -0.3 is 19.9 Å². The van der Waals surface area contributed by atoms with E-state index >= 15 is 0 Å². The molecule has 0 radical (unpaired) electrons. The smallest absolute Gasteiger partial charge is 0.411 e. The van der Waals surface area contributed by atoms with Crippen LogP contribution in [0, 0.1) is 0 Å². The number of rotatable bonds is 8. The second-order valence-corrected chi connectivity index (χ2v) is 5.73. The Morgan fingerprint density at radius 3 is 2.67 bits per heavy atom. The molecule has 0 saturated carbocycles. The van der Waals surface area contributed by atoms with Gasteiger partial charge >= 0.3 is 6.09 Å². The molecule has 0 spiro atoms. The first-order valence-corrected chi connectivity index (χ1v) is 8.99. The number of ether oxygens (including phenoxy) is 1. The summed E-state index contributed by atoms with van der Waals surface area (Å²) in [5.74, 6) is 1.72. The quantitative estimate of drug-likeness (QED) is 0.481. The Labute approximate surface area is 159 Å². The van der Waals surface area contributed by atoms with Gasteiger partial charge in [0.1, 0.15) is 12.2 Å². The SMILES string of the molecule is CCNC(=NCc1ccc(NC(=O)OC)cc1)NCCn1cnnc1CC. The predicted octanol–water partition coefficient (Wildman–Crippen LogP) is 1.77. The molecule has 0 fully saturated rings. The van der Waals surface area contributed by atoms with Crippen molar-refractivity contribution in [3.8, 4) is 0 Å². The average molecular weight is 373 g/mol. The van der Waals surface area contributed by atoms with Crippen molar-refractivity contribution in [2.24, 2.45) is 4.99 Å². The van der Waals surface area contributed by atoms with E-state index in [1.807, 2.05) is 35.8 Å². The standard InChI is InChI=1S/C18H27N7O2/c1-4-16-24-22-13-25(16)11-10-20-17(19-5-2)21-12-14-6-8-15(9-7-14)23-18(26)27-3/h6-9,13H,4-5,10-12H2,1-3H3,(H,23,26)(H2,19,20,21). The van der Waals surface area contributed by atoms with Crippen molar-refractivity contribution in [2.75, 3.05) is 25.5 Å². The molecular weight excluding hydrogens is 346 g/mol. The van der Waals surface area contributed by atoms with Gasteiger partial charge in [0.25, 0.3) is 0 Å². The first-order chi connectivity index (χ1) is 13.2. The number of benzene rings is 1. The minimum atomic E-state index is -0.487. The summed E-state index contributed by atoms with van der Waals surface area (Å²) in [5, 5.41) is 17.2. The van der Waals surface area contributed by atoms with Gasteiger partial charge in [-0.05, 0) is 24.6 Å². The molecule has 3 N–H and O–H groups in total. The van der Waals surface area contributed by atoms with Gasteiger partial charge in [0, 0.05) is 31.7 Å². The molecule has 0 aliphatic heterocycles. The van der Waals surface area contributed by atoms with Crippen LogP contribution in [-0.2, 0) is 24.2 Å². The zero-order valence-corrected chi connectivity index (χ0v) is 16.0.